The van der Waals surface area contributed by atoms with E-state index in [1.807, 2.05) is 18.2 Å². The fourth-order valence-electron chi connectivity index (χ4n) is 3.87. The first-order valence-corrected chi connectivity index (χ1v) is 12.6. The van der Waals surface area contributed by atoms with Crippen molar-refractivity contribution in [2.75, 3.05) is 31.1 Å². The lowest BCUT2D eigenvalue weighted by atomic mass is 10.1. The Bertz CT molecular complexity index is 1260. The third kappa shape index (κ3) is 6.30. The van der Waals surface area contributed by atoms with Crippen molar-refractivity contribution in [1.29, 1.82) is 5.26 Å². The molecule has 1 saturated heterocycles. The fraction of sp³-hybridized carbons (Fsp3) is 0.185. The number of piperazine rings is 1. The van der Waals surface area contributed by atoms with E-state index in [1.165, 1.54) is 12.1 Å². The Morgan fingerprint density at radius 1 is 1.00 bits per heavy atom. The standard InChI is InChI=1S/C27H22Br2FN3O2/c28-24-15-20(16-25(29)26(24)35-18-19-5-4-6-22(30)14-19)13-21(17-31)27(34)33-11-9-32(10-12-33)23-7-2-1-3-8-23/h1-8,13-16H,9-12,18H2/b21-13-. The molecular weight excluding hydrogens is 577 g/mol. The minimum Gasteiger partial charge on any atom is -0.487 e. The normalized spacial score (nSPS) is 13.9. The molecule has 0 spiro atoms. The summed E-state index contributed by atoms with van der Waals surface area (Å²) in [6.45, 7) is 2.72. The third-order valence-corrected chi connectivity index (χ3v) is 6.82. The Morgan fingerprint density at radius 3 is 2.31 bits per heavy atom. The molecule has 1 aliphatic rings. The fourth-order valence-corrected chi connectivity index (χ4v) is 5.32. The highest BCUT2D eigenvalue weighted by molar-refractivity contribution is 9.11. The largest absolute Gasteiger partial charge is 0.487 e. The summed E-state index contributed by atoms with van der Waals surface area (Å²) in [5.74, 6) is -0.0490. The monoisotopic (exact) mass is 597 g/mol. The average Bonchev–Trinajstić information content (AvgIpc) is 2.87. The number of rotatable bonds is 6. The molecule has 0 N–H and O–H groups in total. The van der Waals surface area contributed by atoms with Crippen LogP contribution < -0.4 is 9.64 Å². The smallest absolute Gasteiger partial charge is 0.264 e. The van der Waals surface area contributed by atoms with Gasteiger partial charge in [0.05, 0.1) is 8.95 Å². The van der Waals surface area contributed by atoms with Crippen LogP contribution >= 0.6 is 31.9 Å². The molecule has 0 saturated carbocycles. The quantitative estimate of drug-likeness (QED) is 0.251. The second-order valence-corrected chi connectivity index (χ2v) is 9.73. The van der Waals surface area contributed by atoms with Crippen molar-refractivity contribution in [3.8, 4) is 11.8 Å². The second-order valence-electron chi connectivity index (χ2n) is 8.02. The number of benzene rings is 3. The van der Waals surface area contributed by atoms with Gasteiger partial charge in [-0.15, -0.1) is 0 Å². The van der Waals surface area contributed by atoms with E-state index in [1.54, 1.807) is 35.2 Å². The first-order valence-electron chi connectivity index (χ1n) is 11.0. The first-order chi connectivity index (χ1) is 16.9. The number of para-hydroxylation sites is 1. The molecule has 8 heteroatoms. The van der Waals surface area contributed by atoms with Crippen LogP contribution in [0.4, 0.5) is 10.1 Å². The number of ether oxygens (including phenoxy) is 1. The zero-order valence-corrected chi connectivity index (χ0v) is 21.9. The van der Waals surface area contributed by atoms with Crippen LogP contribution in [0.25, 0.3) is 6.08 Å². The summed E-state index contributed by atoms with van der Waals surface area (Å²) >= 11 is 7.00. The molecule has 1 heterocycles. The van der Waals surface area contributed by atoms with Gasteiger partial charge in [-0.3, -0.25) is 4.79 Å². The van der Waals surface area contributed by atoms with Gasteiger partial charge in [0, 0.05) is 31.9 Å². The number of nitrogens with zero attached hydrogens (tertiary/aromatic N) is 3. The van der Waals surface area contributed by atoms with Gasteiger partial charge in [0.1, 0.15) is 29.8 Å². The Kier molecular flexibility index (Phi) is 8.21. The molecular formula is C27H22Br2FN3O2. The molecule has 0 atom stereocenters. The lowest BCUT2D eigenvalue weighted by molar-refractivity contribution is -0.126. The molecule has 1 aliphatic heterocycles. The van der Waals surface area contributed by atoms with Crippen LogP contribution in [0.2, 0.25) is 0 Å². The van der Waals surface area contributed by atoms with Crippen LogP contribution in [0, 0.1) is 17.1 Å². The third-order valence-electron chi connectivity index (χ3n) is 5.64. The summed E-state index contributed by atoms with van der Waals surface area (Å²) < 4.78 is 20.6. The van der Waals surface area contributed by atoms with Gasteiger partial charge >= 0.3 is 0 Å². The van der Waals surface area contributed by atoms with Gasteiger partial charge in [-0.1, -0.05) is 30.3 Å². The number of amides is 1. The van der Waals surface area contributed by atoms with Crippen LogP contribution in [0.15, 0.2) is 81.2 Å². The van der Waals surface area contributed by atoms with Gasteiger partial charge in [0.2, 0.25) is 0 Å². The minimum atomic E-state index is -0.320. The number of carbonyl (C=O) groups is 1. The van der Waals surface area contributed by atoms with Crippen molar-refractivity contribution < 1.29 is 13.9 Å². The molecule has 0 aromatic heterocycles. The van der Waals surface area contributed by atoms with Crippen molar-refractivity contribution in [1.82, 2.24) is 4.90 Å². The first kappa shape index (κ1) is 25.0. The molecule has 0 radical (unpaired) electrons. The van der Waals surface area contributed by atoms with E-state index in [4.69, 9.17) is 4.74 Å². The van der Waals surface area contributed by atoms with Gasteiger partial charge in [-0.05, 0) is 85.5 Å². The number of halogens is 3. The van der Waals surface area contributed by atoms with Crippen LogP contribution in [0.3, 0.4) is 0 Å². The second kappa shape index (κ2) is 11.5. The van der Waals surface area contributed by atoms with Crippen molar-refractivity contribution >= 4 is 49.5 Å². The molecule has 4 rings (SSSR count). The number of carbonyl (C=O) groups excluding carboxylic acids is 1. The maximum atomic E-state index is 13.4. The summed E-state index contributed by atoms with van der Waals surface area (Å²) in [6.07, 6.45) is 1.58. The molecule has 3 aromatic carbocycles. The summed E-state index contributed by atoms with van der Waals surface area (Å²) in [7, 11) is 0. The Morgan fingerprint density at radius 2 is 1.69 bits per heavy atom. The molecule has 3 aromatic rings. The summed E-state index contributed by atoms with van der Waals surface area (Å²) in [6, 6.07) is 21.9. The Labute approximate surface area is 220 Å². The predicted molar refractivity (Wildman–Crippen MR) is 141 cm³/mol. The predicted octanol–water partition coefficient (Wildman–Crippen LogP) is 6.19. The summed E-state index contributed by atoms with van der Waals surface area (Å²) in [5, 5.41) is 9.69. The van der Waals surface area contributed by atoms with E-state index < -0.39 is 0 Å². The van der Waals surface area contributed by atoms with Gasteiger partial charge in [-0.25, -0.2) is 4.39 Å². The van der Waals surface area contributed by atoms with E-state index in [-0.39, 0.29) is 23.9 Å². The SMILES string of the molecule is N#C/C(=C/c1cc(Br)c(OCc2cccc(F)c2)c(Br)c1)C(=O)N1CCN(c2ccccc2)CC1. The maximum absolute atomic E-state index is 13.4. The van der Waals surface area contributed by atoms with Crippen LogP contribution in [0.5, 0.6) is 5.75 Å². The Hall–Kier alpha value is -3.15. The number of anilines is 1. The molecule has 0 bridgehead atoms. The topological polar surface area (TPSA) is 56.6 Å². The van der Waals surface area contributed by atoms with Gasteiger partial charge < -0.3 is 14.5 Å². The molecule has 0 unspecified atom stereocenters. The van der Waals surface area contributed by atoms with Crippen LogP contribution in [-0.4, -0.2) is 37.0 Å². The van der Waals surface area contributed by atoms with E-state index in [9.17, 15) is 14.4 Å². The average molecular weight is 599 g/mol. The van der Waals surface area contributed by atoms with E-state index in [0.717, 1.165) is 5.69 Å². The maximum Gasteiger partial charge on any atom is 0.264 e. The molecule has 5 nitrogen and oxygen atoms in total. The van der Waals surface area contributed by atoms with Crippen molar-refractivity contribution in [2.45, 2.75) is 6.61 Å². The molecule has 0 aliphatic carbocycles. The van der Waals surface area contributed by atoms with Gasteiger partial charge in [0.25, 0.3) is 5.91 Å². The Balaban J connectivity index is 1.43. The summed E-state index contributed by atoms with van der Waals surface area (Å²) in [5.41, 5.74) is 2.59. The highest BCUT2D eigenvalue weighted by Crippen LogP contribution is 2.36. The minimum absolute atomic E-state index is 0.0744. The van der Waals surface area contributed by atoms with Gasteiger partial charge in [-0.2, -0.15) is 5.26 Å². The van der Waals surface area contributed by atoms with E-state index in [2.05, 4.69) is 55.0 Å². The zero-order valence-electron chi connectivity index (χ0n) is 18.8. The van der Waals surface area contributed by atoms with Crippen molar-refractivity contribution in [3.05, 3.63) is 98.2 Å². The van der Waals surface area contributed by atoms with Crippen molar-refractivity contribution in [3.63, 3.8) is 0 Å². The van der Waals surface area contributed by atoms with Crippen molar-refractivity contribution in [2.24, 2.45) is 0 Å². The number of hydrogen-bond donors (Lipinski definition) is 0. The van der Waals surface area contributed by atoms with E-state index >= 15 is 0 Å². The highest BCUT2D eigenvalue weighted by atomic mass is 79.9. The van der Waals surface area contributed by atoms with Gasteiger partial charge in [0.15, 0.2) is 0 Å². The summed E-state index contributed by atoms with van der Waals surface area (Å²) in [4.78, 5) is 17.0. The number of hydrogen-bond acceptors (Lipinski definition) is 4. The van der Waals surface area contributed by atoms with E-state index in [0.29, 0.717) is 52.0 Å². The molecule has 1 fully saturated rings. The molecule has 35 heavy (non-hydrogen) atoms. The lowest BCUT2D eigenvalue weighted by Gasteiger charge is -2.36. The highest BCUT2D eigenvalue weighted by Gasteiger charge is 2.24. The zero-order chi connectivity index (χ0) is 24.8. The lowest BCUT2D eigenvalue weighted by Crippen LogP contribution is -2.49. The van der Waals surface area contributed by atoms with Crippen LogP contribution in [0.1, 0.15) is 11.1 Å². The van der Waals surface area contributed by atoms with Crippen LogP contribution in [-0.2, 0) is 11.4 Å². The molecule has 178 valence electrons. The number of nitriles is 1. The molecule has 1 amide bonds.